The van der Waals surface area contributed by atoms with Gasteiger partial charge in [0.2, 0.25) is 5.91 Å². The molecule has 1 rings (SSSR count). The van der Waals surface area contributed by atoms with Crippen LogP contribution in [-0.2, 0) is 11.2 Å². The molecule has 2 heteroatoms. The standard InChI is InChI=1S/C16H21NO/c1-15(18)17(2)14-10-5-3-4-7-11-16-12-8-6-9-13-16/h3-6,8-10,12-13H,7,11,14H2,1-2H3/b4-3+,10-5+. The number of allylic oxidation sites excluding steroid dienone is 3. The first kappa shape index (κ1) is 14.2. The van der Waals surface area contributed by atoms with Crippen LogP contribution in [0.3, 0.4) is 0 Å². The molecule has 0 N–H and O–H groups in total. The third-order valence-electron chi connectivity index (χ3n) is 2.74. The van der Waals surface area contributed by atoms with Gasteiger partial charge in [-0.2, -0.15) is 0 Å². The Kier molecular flexibility index (Phi) is 6.55. The van der Waals surface area contributed by atoms with Gasteiger partial charge in [-0.1, -0.05) is 54.6 Å². The summed E-state index contributed by atoms with van der Waals surface area (Å²) in [5, 5.41) is 0. The van der Waals surface area contributed by atoms with Gasteiger partial charge in [0.05, 0.1) is 0 Å². The highest BCUT2D eigenvalue weighted by Crippen LogP contribution is 2.02. The van der Waals surface area contributed by atoms with E-state index in [-0.39, 0.29) is 5.91 Å². The van der Waals surface area contributed by atoms with Crippen LogP contribution in [0.1, 0.15) is 18.9 Å². The van der Waals surface area contributed by atoms with Crippen LogP contribution in [0.5, 0.6) is 0 Å². The van der Waals surface area contributed by atoms with Crippen LogP contribution < -0.4 is 0 Å². The molecule has 1 aromatic rings. The predicted octanol–water partition coefficient (Wildman–Crippen LogP) is 3.21. The molecule has 0 aromatic heterocycles. The van der Waals surface area contributed by atoms with Crippen molar-refractivity contribution in [2.45, 2.75) is 19.8 Å². The van der Waals surface area contributed by atoms with Gasteiger partial charge in [-0.05, 0) is 18.4 Å². The maximum Gasteiger partial charge on any atom is 0.219 e. The SMILES string of the molecule is CC(=O)N(C)C/C=C/C=C/CCc1ccccc1. The molecule has 1 amide bonds. The molecule has 0 aliphatic heterocycles. The molecule has 2 nitrogen and oxygen atoms in total. The Morgan fingerprint density at radius 1 is 1.17 bits per heavy atom. The summed E-state index contributed by atoms with van der Waals surface area (Å²) in [7, 11) is 1.80. The number of amides is 1. The zero-order valence-corrected chi connectivity index (χ0v) is 11.2. The van der Waals surface area contributed by atoms with Gasteiger partial charge in [0.15, 0.2) is 0 Å². The van der Waals surface area contributed by atoms with Gasteiger partial charge < -0.3 is 4.90 Å². The molecular formula is C16H21NO. The van der Waals surface area contributed by atoms with E-state index in [2.05, 4.69) is 30.3 Å². The number of benzene rings is 1. The summed E-state index contributed by atoms with van der Waals surface area (Å²) < 4.78 is 0. The van der Waals surface area contributed by atoms with Crippen LogP contribution in [0.2, 0.25) is 0 Å². The fourth-order valence-electron chi connectivity index (χ4n) is 1.50. The van der Waals surface area contributed by atoms with Crippen LogP contribution in [0.25, 0.3) is 0 Å². The molecule has 0 fully saturated rings. The molecule has 0 atom stereocenters. The van der Waals surface area contributed by atoms with E-state index in [0.29, 0.717) is 6.54 Å². The van der Waals surface area contributed by atoms with Gasteiger partial charge in [0, 0.05) is 20.5 Å². The predicted molar refractivity (Wildman–Crippen MR) is 76.4 cm³/mol. The van der Waals surface area contributed by atoms with Crippen LogP contribution in [0.4, 0.5) is 0 Å². The molecule has 18 heavy (non-hydrogen) atoms. The number of carbonyl (C=O) groups excluding carboxylic acids is 1. The van der Waals surface area contributed by atoms with Gasteiger partial charge in [-0.25, -0.2) is 0 Å². The molecule has 0 spiro atoms. The van der Waals surface area contributed by atoms with Crippen molar-refractivity contribution in [3.63, 3.8) is 0 Å². The van der Waals surface area contributed by atoms with Crippen molar-refractivity contribution in [2.75, 3.05) is 13.6 Å². The minimum absolute atomic E-state index is 0.0905. The van der Waals surface area contributed by atoms with Gasteiger partial charge in [-0.15, -0.1) is 0 Å². The minimum Gasteiger partial charge on any atom is -0.342 e. The Morgan fingerprint density at radius 3 is 2.50 bits per heavy atom. The van der Waals surface area contributed by atoms with E-state index in [1.807, 2.05) is 24.3 Å². The number of likely N-dealkylation sites (N-methyl/N-ethyl adjacent to an activating group) is 1. The summed E-state index contributed by atoms with van der Waals surface area (Å²) in [5.41, 5.74) is 1.36. The number of rotatable bonds is 6. The number of hydrogen-bond donors (Lipinski definition) is 0. The fraction of sp³-hybridized carbons (Fsp3) is 0.312. The third-order valence-corrected chi connectivity index (χ3v) is 2.74. The van der Waals surface area contributed by atoms with E-state index in [1.54, 1.807) is 18.9 Å². The summed E-state index contributed by atoms with van der Waals surface area (Å²) >= 11 is 0. The van der Waals surface area contributed by atoms with Crippen molar-refractivity contribution in [1.29, 1.82) is 0 Å². The molecule has 96 valence electrons. The Hall–Kier alpha value is -1.83. The Balaban J connectivity index is 2.18. The van der Waals surface area contributed by atoms with Crippen molar-refractivity contribution in [3.8, 4) is 0 Å². The van der Waals surface area contributed by atoms with Crippen molar-refractivity contribution in [1.82, 2.24) is 4.90 Å². The zero-order chi connectivity index (χ0) is 13.2. The van der Waals surface area contributed by atoms with Crippen molar-refractivity contribution < 1.29 is 4.79 Å². The number of nitrogens with zero attached hydrogens (tertiary/aromatic N) is 1. The van der Waals surface area contributed by atoms with E-state index in [9.17, 15) is 4.79 Å². The van der Waals surface area contributed by atoms with Crippen LogP contribution >= 0.6 is 0 Å². The van der Waals surface area contributed by atoms with E-state index in [0.717, 1.165) is 12.8 Å². The Labute approximate surface area is 110 Å². The average molecular weight is 243 g/mol. The summed E-state index contributed by atoms with van der Waals surface area (Å²) in [6.45, 7) is 2.24. The van der Waals surface area contributed by atoms with Gasteiger partial charge >= 0.3 is 0 Å². The summed E-state index contributed by atoms with van der Waals surface area (Å²) in [6, 6.07) is 10.5. The highest BCUT2D eigenvalue weighted by atomic mass is 16.2. The lowest BCUT2D eigenvalue weighted by Gasteiger charge is -2.10. The molecule has 1 aromatic carbocycles. The lowest BCUT2D eigenvalue weighted by Crippen LogP contribution is -2.23. The topological polar surface area (TPSA) is 20.3 Å². The van der Waals surface area contributed by atoms with E-state index in [4.69, 9.17) is 0 Å². The summed E-state index contributed by atoms with van der Waals surface area (Å²) in [6.07, 6.45) is 10.3. The zero-order valence-electron chi connectivity index (χ0n) is 11.2. The van der Waals surface area contributed by atoms with Gasteiger partial charge in [0.25, 0.3) is 0 Å². The smallest absolute Gasteiger partial charge is 0.219 e. The second-order valence-electron chi connectivity index (χ2n) is 4.28. The largest absolute Gasteiger partial charge is 0.342 e. The van der Waals surface area contributed by atoms with Gasteiger partial charge in [0.1, 0.15) is 0 Å². The maximum absolute atomic E-state index is 10.9. The lowest BCUT2D eigenvalue weighted by atomic mass is 10.1. The molecular weight excluding hydrogens is 222 g/mol. The second-order valence-corrected chi connectivity index (χ2v) is 4.28. The molecule has 0 aliphatic carbocycles. The average Bonchev–Trinajstić information content (AvgIpc) is 2.38. The van der Waals surface area contributed by atoms with Crippen LogP contribution in [0, 0.1) is 0 Å². The molecule has 0 saturated carbocycles. The van der Waals surface area contributed by atoms with E-state index < -0.39 is 0 Å². The summed E-state index contributed by atoms with van der Waals surface area (Å²) in [5.74, 6) is 0.0905. The molecule has 0 unspecified atom stereocenters. The van der Waals surface area contributed by atoms with Crippen LogP contribution in [-0.4, -0.2) is 24.4 Å². The first-order chi connectivity index (χ1) is 8.70. The number of hydrogen-bond acceptors (Lipinski definition) is 1. The first-order valence-electron chi connectivity index (χ1n) is 6.27. The fourth-order valence-corrected chi connectivity index (χ4v) is 1.50. The highest BCUT2D eigenvalue weighted by Gasteiger charge is 1.96. The Morgan fingerprint density at radius 2 is 1.83 bits per heavy atom. The van der Waals surface area contributed by atoms with E-state index in [1.165, 1.54) is 5.56 Å². The molecule has 0 saturated heterocycles. The van der Waals surface area contributed by atoms with E-state index >= 15 is 0 Å². The quantitative estimate of drug-likeness (QED) is 0.703. The second kappa shape index (κ2) is 8.29. The molecule has 0 heterocycles. The first-order valence-corrected chi connectivity index (χ1v) is 6.27. The molecule has 0 radical (unpaired) electrons. The number of carbonyl (C=O) groups is 1. The van der Waals surface area contributed by atoms with Crippen LogP contribution in [0.15, 0.2) is 54.6 Å². The normalized spacial score (nSPS) is 11.2. The maximum atomic E-state index is 10.9. The lowest BCUT2D eigenvalue weighted by molar-refractivity contribution is -0.127. The molecule has 0 bridgehead atoms. The van der Waals surface area contributed by atoms with Crippen molar-refractivity contribution >= 4 is 5.91 Å². The third kappa shape index (κ3) is 6.04. The Bertz CT molecular complexity index is 406. The summed E-state index contributed by atoms with van der Waals surface area (Å²) in [4.78, 5) is 12.6. The molecule has 0 aliphatic rings. The van der Waals surface area contributed by atoms with Gasteiger partial charge in [-0.3, -0.25) is 4.79 Å². The monoisotopic (exact) mass is 243 g/mol. The minimum atomic E-state index is 0.0905. The highest BCUT2D eigenvalue weighted by molar-refractivity contribution is 5.72. The van der Waals surface area contributed by atoms with Crippen molar-refractivity contribution in [2.24, 2.45) is 0 Å². The number of aryl methyl sites for hydroxylation is 1. The van der Waals surface area contributed by atoms with Crippen molar-refractivity contribution in [3.05, 3.63) is 60.2 Å².